The van der Waals surface area contributed by atoms with E-state index in [-0.39, 0.29) is 24.2 Å². The van der Waals surface area contributed by atoms with Gasteiger partial charge in [0.15, 0.2) is 11.6 Å². The van der Waals surface area contributed by atoms with Crippen LogP contribution in [0.1, 0.15) is 46.2 Å². The van der Waals surface area contributed by atoms with Gasteiger partial charge in [-0.3, -0.25) is 9.59 Å². The van der Waals surface area contributed by atoms with E-state index in [0.29, 0.717) is 42.2 Å². The first-order valence-electron chi connectivity index (χ1n) is 13.1. The number of hydrogen-bond donors (Lipinski definition) is 1. The number of carbonyl (C=O) groups is 2. The highest BCUT2D eigenvalue weighted by Gasteiger charge is 2.26. The summed E-state index contributed by atoms with van der Waals surface area (Å²) in [6.07, 6.45) is 2.10. The van der Waals surface area contributed by atoms with Gasteiger partial charge in [0, 0.05) is 42.4 Å². The van der Waals surface area contributed by atoms with Gasteiger partial charge in [-0.25, -0.2) is 13.8 Å². The van der Waals surface area contributed by atoms with Crippen LogP contribution in [0.3, 0.4) is 0 Å². The summed E-state index contributed by atoms with van der Waals surface area (Å²) >= 11 is 1.46. The normalized spacial score (nSPS) is 13.7. The molecule has 4 aromatic rings. The molecule has 206 valence electrons. The molecule has 1 aliphatic heterocycles. The largest absolute Gasteiger partial charge is 0.497 e. The lowest BCUT2D eigenvalue weighted by molar-refractivity contribution is -0.132. The van der Waals surface area contributed by atoms with E-state index in [0.717, 1.165) is 41.1 Å². The number of carbonyl (C=O) groups excluding carboxylic acids is 2. The highest BCUT2D eigenvalue weighted by atomic mass is 32.1. The number of halogens is 2. The predicted molar refractivity (Wildman–Crippen MR) is 152 cm³/mol. The van der Waals surface area contributed by atoms with Gasteiger partial charge < -0.3 is 15.0 Å². The van der Waals surface area contributed by atoms with E-state index in [2.05, 4.69) is 10.3 Å². The third kappa shape index (κ3) is 6.37. The van der Waals surface area contributed by atoms with Gasteiger partial charge in [0.1, 0.15) is 11.4 Å². The summed E-state index contributed by atoms with van der Waals surface area (Å²) in [6, 6.07) is 19.1. The fourth-order valence-corrected chi connectivity index (χ4v) is 5.84. The van der Waals surface area contributed by atoms with E-state index < -0.39 is 11.6 Å². The van der Waals surface area contributed by atoms with Gasteiger partial charge in [0.25, 0.3) is 5.91 Å². The average molecular weight is 562 g/mol. The first kappa shape index (κ1) is 27.5. The van der Waals surface area contributed by atoms with Crippen molar-refractivity contribution < 1.29 is 23.1 Å². The van der Waals surface area contributed by atoms with Gasteiger partial charge >= 0.3 is 0 Å². The third-order valence-electron chi connectivity index (χ3n) is 7.12. The van der Waals surface area contributed by atoms with Gasteiger partial charge in [0.05, 0.1) is 17.8 Å². The number of piperidine rings is 1. The van der Waals surface area contributed by atoms with E-state index >= 15 is 0 Å². The number of thiazole rings is 1. The van der Waals surface area contributed by atoms with Crippen LogP contribution < -0.4 is 10.1 Å². The van der Waals surface area contributed by atoms with Crippen molar-refractivity contribution in [2.75, 3.05) is 25.5 Å². The quantitative estimate of drug-likeness (QED) is 0.260. The summed E-state index contributed by atoms with van der Waals surface area (Å²) in [5.41, 5.74) is 3.45. The number of ether oxygens (including phenoxy) is 1. The van der Waals surface area contributed by atoms with Gasteiger partial charge in [-0.1, -0.05) is 36.4 Å². The number of anilines is 1. The molecular weight excluding hydrogens is 532 g/mol. The fraction of sp³-hybridized carbons (Fsp3) is 0.258. The maximum absolute atomic E-state index is 13.4. The second kappa shape index (κ2) is 12.4. The van der Waals surface area contributed by atoms with Crippen LogP contribution in [0.4, 0.5) is 14.5 Å². The summed E-state index contributed by atoms with van der Waals surface area (Å²) in [6.45, 7) is 1.18. The summed E-state index contributed by atoms with van der Waals surface area (Å²) in [5, 5.41) is 5.65. The molecule has 40 heavy (non-hydrogen) atoms. The minimum atomic E-state index is -0.901. The summed E-state index contributed by atoms with van der Waals surface area (Å²) in [5.74, 6) is -1.29. The zero-order valence-electron chi connectivity index (χ0n) is 22.0. The number of amides is 2. The summed E-state index contributed by atoms with van der Waals surface area (Å²) in [7, 11) is 1.58. The molecule has 1 N–H and O–H groups in total. The Morgan fingerprint density at radius 3 is 2.52 bits per heavy atom. The van der Waals surface area contributed by atoms with Crippen molar-refractivity contribution in [3.63, 3.8) is 0 Å². The van der Waals surface area contributed by atoms with Crippen LogP contribution in [0.25, 0.3) is 11.1 Å². The summed E-state index contributed by atoms with van der Waals surface area (Å²) < 4.78 is 31.9. The molecular formula is C31H29F2N3O3S. The average Bonchev–Trinajstić information content (AvgIpc) is 3.49. The molecule has 1 aromatic heterocycles. The molecule has 2 amide bonds. The van der Waals surface area contributed by atoms with E-state index in [1.54, 1.807) is 18.6 Å². The zero-order valence-corrected chi connectivity index (χ0v) is 22.8. The molecule has 0 spiro atoms. The monoisotopic (exact) mass is 561 g/mol. The van der Waals surface area contributed by atoms with Crippen LogP contribution in [0.15, 0.2) is 72.1 Å². The molecule has 3 aromatic carbocycles. The van der Waals surface area contributed by atoms with Gasteiger partial charge in [-0.05, 0) is 54.7 Å². The number of nitrogens with one attached hydrogen (secondary N) is 1. The minimum Gasteiger partial charge on any atom is -0.497 e. The Kier molecular flexibility index (Phi) is 8.50. The molecule has 1 saturated heterocycles. The van der Waals surface area contributed by atoms with Crippen molar-refractivity contribution in [3.05, 3.63) is 100 Å². The Labute approximate surface area is 235 Å². The molecule has 5 rings (SSSR count). The van der Waals surface area contributed by atoms with Crippen molar-refractivity contribution in [2.24, 2.45) is 0 Å². The second-order valence-corrected chi connectivity index (χ2v) is 10.6. The minimum absolute atomic E-state index is 0.00472. The Morgan fingerprint density at radius 2 is 1.80 bits per heavy atom. The molecule has 2 heterocycles. The number of aromatic nitrogens is 1. The highest BCUT2D eigenvalue weighted by Crippen LogP contribution is 2.33. The van der Waals surface area contributed by atoms with Crippen molar-refractivity contribution in [1.29, 1.82) is 0 Å². The first-order chi connectivity index (χ1) is 19.4. The van der Waals surface area contributed by atoms with Crippen LogP contribution in [0, 0.1) is 11.6 Å². The third-order valence-corrected chi connectivity index (χ3v) is 8.13. The maximum Gasteiger partial charge on any atom is 0.275 e. The molecule has 0 bridgehead atoms. The van der Waals surface area contributed by atoms with Crippen LogP contribution in [-0.4, -0.2) is 41.9 Å². The van der Waals surface area contributed by atoms with Crippen molar-refractivity contribution in [2.45, 2.75) is 31.6 Å². The lowest BCUT2D eigenvalue weighted by Gasteiger charge is -2.31. The number of likely N-dealkylation sites (tertiary alicyclic amines) is 1. The van der Waals surface area contributed by atoms with Crippen LogP contribution in [-0.2, 0) is 11.2 Å². The molecule has 0 atom stereocenters. The van der Waals surface area contributed by atoms with Crippen molar-refractivity contribution in [1.82, 2.24) is 9.88 Å². The molecule has 0 saturated carbocycles. The number of benzene rings is 3. The van der Waals surface area contributed by atoms with Gasteiger partial charge in [-0.2, -0.15) is 0 Å². The Hall–Kier alpha value is -4.11. The zero-order chi connectivity index (χ0) is 28.1. The second-order valence-electron chi connectivity index (χ2n) is 9.71. The van der Waals surface area contributed by atoms with E-state index in [4.69, 9.17) is 4.74 Å². The van der Waals surface area contributed by atoms with Crippen molar-refractivity contribution >= 4 is 28.8 Å². The molecule has 9 heteroatoms. The van der Waals surface area contributed by atoms with Crippen LogP contribution in [0.2, 0.25) is 0 Å². The first-order valence-corrected chi connectivity index (χ1v) is 14.0. The fourth-order valence-electron chi connectivity index (χ4n) is 4.87. The Morgan fingerprint density at radius 1 is 1.02 bits per heavy atom. The highest BCUT2D eigenvalue weighted by molar-refractivity contribution is 7.10. The topological polar surface area (TPSA) is 71.5 Å². The molecule has 6 nitrogen and oxygen atoms in total. The molecule has 1 fully saturated rings. The molecule has 0 aliphatic carbocycles. The van der Waals surface area contributed by atoms with Gasteiger partial charge in [0.2, 0.25) is 5.91 Å². The number of hydrogen-bond acceptors (Lipinski definition) is 5. The number of aryl methyl sites for hydroxylation is 1. The van der Waals surface area contributed by atoms with Crippen LogP contribution >= 0.6 is 11.3 Å². The molecule has 1 aliphatic rings. The lowest BCUT2D eigenvalue weighted by Crippen LogP contribution is -2.38. The lowest BCUT2D eigenvalue weighted by atomic mass is 9.97. The van der Waals surface area contributed by atoms with Crippen LogP contribution in [0.5, 0.6) is 5.75 Å². The Bertz CT molecular complexity index is 1500. The standard InChI is InChI=1S/C31H29F2N3O3S/c1-39-23-9-10-24(21-5-3-2-4-6-21)27(18-23)34-30(38)28-19-40-31(35-28)22-13-15-36(16-14-22)29(37)12-8-20-7-11-25(32)26(33)17-20/h2-7,9-11,17-19,22H,8,12-16H2,1H3,(H,34,38). The van der Waals surface area contributed by atoms with E-state index in [1.165, 1.54) is 17.4 Å². The Balaban J connectivity index is 1.18. The maximum atomic E-state index is 13.4. The predicted octanol–water partition coefficient (Wildman–Crippen LogP) is 6.69. The number of rotatable bonds is 8. The summed E-state index contributed by atoms with van der Waals surface area (Å²) in [4.78, 5) is 32.3. The van der Waals surface area contributed by atoms with Crippen molar-refractivity contribution in [3.8, 4) is 16.9 Å². The van der Waals surface area contributed by atoms with E-state index in [1.807, 2.05) is 47.4 Å². The van der Waals surface area contributed by atoms with E-state index in [9.17, 15) is 18.4 Å². The number of methoxy groups -OCH3 is 1. The smallest absolute Gasteiger partial charge is 0.275 e. The molecule has 0 radical (unpaired) electrons. The molecule has 0 unspecified atom stereocenters. The van der Waals surface area contributed by atoms with Gasteiger partial charge in [-0.15, -0.1) is 11.3 Å². The number of nitrogens with zero attached hydrogens (tertiary/aromatic N) is 2. The SMILES string of the molecule is COc1ccc(-c2ccccc2)c(NC(=O)c2csc(C3CCN(C(=O)CCc4ccc(F)c(F)c4)CC3)n2)c1.